The van der Waals surface area contributed by atoms with Crippen LogP contribution in [0.2, 0.25) is 0 Å². The lowest BCUT2D eigenvalue weighted by atomic mass is 9.93. The van der Waals surface area contributed by atoms with E-state index in [1.807, 2.05) is 12.1 Å². The van der Waals surface area contributed by atoms with Crippen LogP contribution in [0.5, 0.6) is 0 Å². The Labute approximate surface area is 227 Å². The zero-order valence-corrected chi connectivity index (χ0v) is 21.2. The number of carbonyl (C=O) groups excluding carboxylic acids is 3. The molecule has 0 spiro atoms. The molecular formula is C28H25N5O7. The van der Waals surface area contributed by atoms with Crippen molar-refractivity contribution in [2.75, 3.05) is 11.5 Å². The number of hydrogen-bond donors (Lipinski definition) is 4. The molecule has 12 nitrogen and oxygen atoms in total. The number of hydrogen-bond acceptors (Lipinski definition) is 9. The fraction of sp³-hybridized carbons (Fsp3) is 0.250. The third-order valence-corrected chi connectivity index (χ3v) is 7.21. The highest BCUT2D eigenvalue weighted by Gasteiger charge is 2.46. The van der Waals surface area contributed by atoms with Gasteiger partial charge >= 0.3 is 0 Å². The van der Waals surface area contributed by atoms with Crippen LogP contribution in [0.25, 0.3) is 22.0 Å². The van der Waals surface area contributed by atoms with Crippen molar-refractivity contribution in [3.63, 3.8) is 0 Å². The molecule has 1 fully saturated rings. The van der Waals surface area contributed by atoms with Gasteiger partial charge < -0.3 is 25.4 Å². The summed E-state index contributed by atoms with van der Waals surface area (Å²) in [7, 11) is 0. The zero-order valence-electron chi connectivity index (χ0n) is 21.2. The minimum Gasteiger partial charge on any atom is -0.394 e. The summed E-state index contributed by atoms with van der Waals surface area (Å²) in [5.74, 6) is -1.34. The van der Waals surface area contributed by atoms with Gasteiger partial charge in [-0.25, -0.2) is 9.58 Å². The van der Waals surface area contributed by atoms with E-state index in [4.69, 9.17) is 4.74 Å². The van der Waals surface area contributed by atoms with Crippen LogP contribution in [0.15, 0.2) is 66.9 Å². The number of aliphatic hydroxyl groups is 3. The molecule has 0 saturated carbocycles. The van der Waals surface area contributed by atoms with Gasteiger partial charge in [0, 0.05) is 29.0 Å². The lowest BCUT2D eigenvalue weighted by Crippen LogP contribution is -2.62. The van der Waals surface area contributed by atoms with E-state index in [1.165, 1.54) is 17.8 Å². The lowest BCUT2D eigenvalue weighted by Gasteiger charge is -2.42. The maximum absolute atomic E-state index is 13.5. The van der Waals surface area contributed by atoms with Gasteiger partial charge in [-0.15, -0.1) is 5.10 Å². The number of ether oxygens (including phenoxy) is 1. The van der Waals surface area contributed by atoms with Crippen LogP contribution < -0.4 is 10.2 Å². The molecule has 1 saturated heterocycles. The smallest absolute Gasteiger partial charge is 0.265 e. The van der Waals surface area contributed by atoms with E-state index in [1.54, 1.807) is 48.5 Å². The topological polar surface area (TPSA) is 167 Å². The van der Waals surface area contributed by atoms with Gasteiger partial charge in [-0.2, -0.15) is 0 Å². The highest BCUT2D eigenvalue weighted by Crippen LogP contribution is 2.34. The highest BCUT2D eigenvalue weighted by atomic mass is 16.5. The standard InChI is InChI=1S/C28H25N5O7/c1-14(35)29-23-25(37)24(36)21(13-34)40-28(23)32-12-20(30-31-32)16-7-2-8-17(11-16)33-26(38)18-9-3-5-15-6-4-10-19(22(15)18)27(33)39/h2-12,21,23-25,28,34,36-37H,13H2,1H3,(H,29,35)/t21-,23-,24-,25-,28-/m1/s1. The maximum atomic E-state index is 13.5. The Bertz CT molecular complexity index is 1600. The first-order valence-corrected chi connectivity index (χ1v) is 12.6. The second kappa shape index (κ2) is 9.92. The number of anilines is 1. The average Bonchev–Trinajstić information content (AvgIpc) is 3.45. The number of aliphatic hydroxyl groups excluding tert-OH is 3. The van der Waals surface area contributed by atoms with Crippen molar-refractivity contribution in [1.82, 2.24) is 20.3 Å². The molecule has 1 aromatic heterocycles. The van der Waals surface area contributed by atoms with Crippen LogP contribution in [0.4, 0.5) is 5.69 Å². The van der Waals surface area contributed by atoms with Gasteiger partial charge in [-0.1, -0.05) is 41.6 Å². The van der Waals surface area contributed by atoms with Crippen molar-refractivity contribution in [3.8, 4) is 11.3 Å². The van der Waals surface area contributed by atoms with Gasteiger partial charge in [-0.3, -0.25) is 14.4 Å². The predicted octanol–water partition coefficient (Wildman–Crippen LogP) is 1.02. The molecule has 3 heterocycles. The lowest BCUT2D eigenvalue weighted by molar-refractivity contribution is -0.219. The summed E-state index contributed by atoms with van der Waals surface area (Å²) in [4.78, 5) is 39.9. The third-order valence-electron chi connectivity index (χ3n) is 7.21. The van der Waals surface area contributed by atoms with E-state index >= 15 is 0 Å². The summed E-state index contributed by atoms with van der Waals surface area (Å²) in [5, 5.41) is 42.8. The second-order valence-electron chi connectivity index (χ2n) is 9.74. The average molecular weight is 544 g/mol. The molecule has 3 amide bonds. The van der Waals surface area contributed by atoms with Crippen molar-refractivity contribution in [3.05, 3.63) is 78.0 Å². The van der Waals surface area contributed by atoms with Crippen LogP contribution >= 0.6 is 0 Å². The second-order valence-corrected chi connectivity index (χ2v) is 9.74. The molecule has 3 aromatic carbocycles. The molecule has 0 unspecified atom stereocenters. The summed E-state index contributed by atoms with van der Waals surface area (Å²) in [6, 6.07) is 16.3. The predicted molar refractivity (Wildman–Crippen MR) is 141 cm³/mol. The Morgan fingerprint density at radius 1 is 1.00 bits per heavy atom. The van der Waals surface area contributed by atoms with Crippen molar-refractivity contribution >= 4 is 34.2 Å². The first-order valence-electron chi connectivity index (χ1n) is 12.6. The van der Waals surface area contributed by atoms with Crippen molar-refractivity contribution in [2.45, 2.75) is 37.5 Å². The molecule has 204 valence electrons. The van der Waals surface area contributed by atoms with Crippen molar-refractivity contribution < 1.29 is 34.4 Å². The van der Waals surface area contributed by atoms with Crippen LogP contribution in [-0.4, -0.2) is 79.0 Å². The Kier molecular flexibility index (Phi) is 6.39. The minimum absolute atomic E-state index is 0.345. The number of nitrogens with one attached hydrogen (secondary N) is 1. The number of nitrogens with zero attached hydrogens (tertiary/aromatic N) is 4. The molecule has 0 radical (unpaired) electrons. The highest BCUT2D eigenvalue weighted by molar-refractivity contribution is 6.35. The van der Waals surface area contributed by atoms with Gasteiger partial charge in [0.05, 0.1) is 18.5 Å². The number of amides is 3. The monoisotopic (exact) mass is 543 g/mol. The summed E-state index contributed by atoms with van der Waals surface area (Å²) in [6.45, 7) is 0.689. The van der Waals surface area contributed by atoms with Gasteiger partial charge in [0.25, 0.3) is 11.8 Å². The Hall–Kier alpha value is -4.49. The molecule has 12 heteroatoms. The quantitative estimate of drug-likeness (QED) is 0.269. The van der Waals surface area contributed by atoms with Gasteiger partial charge in [0.1, 0.15) is 30.0 Å². The van der Waals surface area contributed by atoms with E-state index in [9.17, 15) is 29.7 Å². The normalized spacial score (nSPS) is 24.4. The van der Waals surface area contributed by atoms with Gasteiger partial charge in [0.2, 0.25) is 5.91 Å². The molecule has 4 aromatic rings. The van der Waals surface area contributed by atoms with E-state index in [0.29, 0.717) is 33.5 Å². The van der Waals surface area contributed by atoms with Crippen molar-refractivity contribution in [2.24, 2.45) is 0 Å². The Morgan fingerprint density at radius 3 is 2.33 bits per heavy atom. The fourth-order valence-corrected chi connectivity index (χ4v) is 5.32. The van der Waals surface area contributed by atoms with Crippen LogP contribution in [0.3, 0.4) is 0 Å². The maximum Gasteiger partial charge on any atom is 0.265 e. The largest absolute Gasteiger partial charge is 0.394 e. The Balaban J connectivity index is 1.34. The first-order chi connectivity index (χ1) is 19.3. The summed E-state index contributed by atoms with van der Waals surface area (Å²) in [6.07, 6.45) is -3.59. The summed E-state index contributed by atoms with van der Waals surface area (Å²) >= 11 is 0. The fourth-order valence-electron chi connectivity index (χ4n) is 5.32. The van der Waals surface area contributed by atoms with Crippen molar-refractivity contribution in [1.29, 1.82) is 0 Å². The SMILES string of the molecule is CC(=O)N[C@@H]1[C@@H](O)[C@H](O)[C@@H](CO)O[C@H]1n1cc(-c2cccc(N3C(=O)c4cccc5cccc(c45)C3=O)c2)nn1. The zero-order chi connectivity index (χ0) is 28.1. The molecule has 0 aliphatic carbocycles. The van der Waals surface area contributed by atoms with Crippen LogP contribution in [0, 0.1) is 0 Å². The Morgan fingerprint density at radius 2 is 1.68 bits per heavy atom. The molecule has 2 aliphatic heterocycles. The number of rotatable bonds is 5. The number of benzene rings is 3. The number of aromatic nitrogens is 3. The summed E-state index contributed by atoms with van der Waals surface area (Å²) < 4.78 is 7.04. The molecule has 6 rings (SSSR count). The van der Waals surface area contributed by atoms with E-state index in [2.05, 4.69) is 15.6 Å². The van der Waals surface area contributed by atoms with E-state index < -0.39 is 54.9 Å². The number of imide groups is 1. The number of carbonyl (C=O) groups is 3. The third kappa shape index (κ3) is 4.14. The molecule has 40 heavy (non-hydrogen) atoms. The van der Waals surface area contributed by atoms with Gasteiger partial charge in [0.15, 0.2) is 6.23 Å². The first kappa shape index (κ1) is 25.8. The van der Waals surface area contributed by atoms with E-state index in [0.717, 1.165) is 10.3 Å². The van der Waals surface area contributed by atoms with Crippen LogP contribution in [-0.2, 0) is 9.53 Å². The summed E-state index contributed by atoms with van der Waals surface area (Å²) in [5.41, 5.74) is 2.10. The van der Waals surface area contributed by atoms with E-state index in [-0.39, 0.29) is 0 Å². The van der Waals surface area contributed by atoms with Crippen LogP contribution in [0.1, 0.15) is 33.9 Å². The molecular weight excluding hydrogens is 518 g/mol. The minimum atomic E-state index is -1.45. The molecule has 0 bridgehead atoms. The molecule has 2 aliphatic rings. The van der Waals surface area contributed by atoms with Gasteiger partial charge in [-0.05, 0) is 29.7 Å². The molecule has 5 atom stereocenters. The molecule has 4 N–H and O–H groups in total.